The fourth-order valence-electron chi connectivity index (χ4n) is 1.37. The number of aromatic nitrogens is 1. The van der Waals surface area contributed by atoms with E-state index in [2.05, 4.69) is 30.7 Å². The van der Waals surface area contributed by atoms with Gasteiger partial charge in [-0.05, 0) is 17.2 Å². The normalized spacial score (nSPS) is 10.6. The van der Waals surface area contributed by atoms with Gasteiger partial charge in [0.15, 0.2) is 0 Å². The number of allylic oxidation sites excluding steroid dienone is 1. The van der Waals surface area contributed by atoms with Crippen LogP contribution >= 0.6 is 0 Å². The largest absolute Gasteiger partial charge is 0.390 e. The van der Waals surface area contributed by atoms with Crippen LogP contribution in [-0.2, 0) is 13.0 Å². The highest BCUT2D eigenvalue weighted by atomic mass is 28.3. The van der Waals surface area contributed by atoms with Crippen LogP contribution in [0.5, 0.6) is 0 Å². The molecule has 0 bridgehead atoms. The molecule has 0 aliphatic heterocycles. The summed E-state index contributed by atoms with van der Waals surface area (Å²) in [6.45, 7) is 8.16. The maximum atomic E-state index is 9.12. The predicted octanol–water partition coefficient (Wildman–Crippen LogP) is 1.26. The van der Waals surface area contributed by atoms with Crippen molar-refractivity contribution in [3.8, 4) is 0 Å². The molecule has 0 aliphatic rings. The van der Waals surface area contributed by atoms with Crippen LogP contribution in [0, 0.1) is 0 Å². The number of aliphatic hydroxyl groups excluding tert-OH is 1. The molecular weight excluding hydrogens is 190 g/mol. The minimum absolute atomic E-state index is 0.0412. The number of hydrogen-bond donors (Lipinski definition) is 1. The van der Waals surface area contributed by atoms with Gasteiger partial charge < -0.3 is 5.11 Å². The third-order valence-electron chi connectivity index (χ3n) is 2.10. The van der Waals surface area contributed by atoms with E-state index >= 15 is 0 Å². The van der Waals surface area contributed by atoms with Gasteiger partial charge in [-0.3, -0.25) is 4.98 Å². The highest BCUT2D eigenvalue weighted by molar-refractivity contribution is 6.71. The van der Waals surface area contributed by atoms with E-state index in [1.165, 1.54) is 10.8 Å². The lowest BCUT2D eigenvalue weighted by Crippen LogP contribution is -2.28. The summed E-state index contributed by atoms with van der Waals surface area (Å²) in [5.41, 5.74) is 2.01. The first-order chi connectivity index (χ1) is 6.69. The molecule has 75 valence electrons. The van der Waals surface area contributed by atoms with E-state index in [0.29, 0.717) is 0 Å². The van der Waals surface area contributed by atoms with Crippen LogP contribution in [0.15, 0.2) is 24.9 Å². The molecular formula is C11H16NOSi. The van der Waals surface area contributed by atoms with Crippen LogP contribution in [-0.4, -0.2) is 18.9 Å². The molecule has 14 heavy (non-hydrogen) atoms. The van der Waals surface area contributed by atoms with Crippen molar-refractivity contribution in [2.24, 2.45) is 0 Å². The van der Waals surface area contributed by atoms with E-state index in [9.17, 15) is 0 Å². The lowest BCUT2D eigenvalue weighted by atomic mass is 10.2. The van der Waals surface area contributed by atoms with Gasteiger partial charge >= 0.3 is 0 Å². The molecule has 1 radical (unpaired) electrons. The predicted molar refractivity (Wildman–Crippen MR) is 61.2 cm³/mol. The second kappa shape index (κ2) is 5.07. The Morgan fingerprint density at radius 1 is 1.57 bits per heavy atom. The quantitative estimate of drug-likeness (QED) is 0.594. The molecule has 0 spiro atoms. The van der Waals surface area contributed by atoms with Gasteiger partial charge in [-0.1, -0.05) is 25.2 Å². The lowest BCUT2D eigenvalue weighted by Gasteiger charge is -2.10. The first-order valence-corrected chi connectivity index (χ1v) is 7.19. The summed E-state index contributed by atoms with van der Waals surface area (Å²) in [6, 6.07) is 2.15. The molecule has 0 atom stereocenters. The van der Waals surface area contributed by atoms with Crippen molar-refractivity contribution in [3.05, 3.63) is 36.2 Å². The molecule has 1 heterocycles. The van der Waals surface area contributed by atoms with Gasteiger partial charge in [-0.15, -0.1) is 6.58 Å². The van der Waals surface area contributed by atoms with Gasteiger partial charge in [0.1, 0.15) is 0 Å². The van der Waals surface area contributed by atoms with Crippen LogP contribution in [0.25, 0.3) is 0 Å². The zero-order valence-corrected chi connectivity index (χ0v) is 9.75. The van der Waals surface area contributed by atoms with Crippen molar-refractivity contribution >= 4 is 14.0 Å². The Kier molecular flexibility index (Phi) is 4.04. The van der Waals surface area contributed by atoms with Crippen molar-refractivity contribution in [2.75, 3.05) is 0 Å². The van der Waals surface area contributed by atoms with Crippen LogP contribution in [0.3, 0.4) is 0 Å². The Morgan fingerprint density at radius 2 is 2.29 bits per heavy atom. The summed E-state index contributed by atoms with van der Waals surface area (Å²) in [5.74, 6) is 0. The SMILES string of the molecule is C=CCc1cnc(CO)c([Si](C)C)c1. The Labute approximate surface area is 86.9 Å². The highest BCUT2D eigenvalue weighted by Crippen LogP contribution is 2.02. The molecule has 0 unspecified atom stereocenters. The maximum Gasteiger partial charge on any atom is 0.0851 e. The first kappa shape index (κ1) is 11.1. The number of aliphatic hydroxyl groups is 1. The molecule has 0 saturated carbocycles. The lowest BCUT2D eigenvalue weighted by molar-refractivity contribution is 0.278. The number of rotatable bonds is 4. The molecule has 2 nitrogen and oxygen atoms in total. The summed E-state index contributed by atoms with van der Waals surface area (Å²) < 4.78 is 0. The molecule has 0 saturated heterocycles. The second-order valence-electron chi connectivity index (χ2n) is 3.49. The van der Waals surface area contributed by atoms with E-state index in [-0.39, 0.29) is 6.61 Å². The Hall–Kier alpha value is -0.933. The Balaban J connectivity index is 3.07. The molecule has 1 rings (SSSR count). The molecule has 1 aromatic heterocycles. The van der Waals surface area contributed by atoms with Crippen LogP contribution < -0.4 is 5.19 Å². The van der Waals surface area contributed by atoms with E-state index in [4.69, 9.17) is 5.11 Å². The average Bonchev–Trinajstić information content (AvgIpc) is 2.18. The Morgan fingerprint density at radius 3 is 2.79 bits per heavy atom. The van der Waals surface area contributed by atoms with Gasteiger partial charge in [0.25, 0.3) is 0 Å². The molecule has 1 aromatic rings. The summed E-state index contributed by atoms with van der Waals surface area (Å²) in [5, 5.41) is 10.4. The van der Waals surface area contributed by atoms with Crippen LogP contribution in [0.1, 0.15) is 11.3 Å². The highest BCUT2D eigenvalue weighted by Gasteiger charge is 2.08. The van der Waals surface area contributed by atoms with E-state index < -0.39 is 8.80 Å². The standard InChI is InChI=1S/C11H16NOSi/c1-4-5-9-6-11(14(2)3)10(8-13)12-7-9/h4,6-7,13H,1,5,8H2,2-3H3. The molecule has 3 heteroatoms. The smallest absolute Gasteiger partial charge is 0.0851 e. The van der Waals surface area contributed by atoms with Crippen molar-refractivity contribution in [1.82, 2.24) is 4.98 Å². The summed E-state index contributed by atoms with van der Waals surface area (Å²) in [7, 11) is -0.551. The van der Waals surface area contributed by atoms with Crippen molar-refractivity contribution < 1.29 is 5.11 Å². The third kappa shape index (κ3) is 2.53. The minimum Gasteiger partial charge on any atom is -0.390 e. The van der Waals surface area contributed by atoms with E-state index in [1.54, 1.807) is 0 Å². The van der Waals surface area contributed by atoms with Gasteiger partial charge in [-0.2, -0.15) is 0 Å². The maximum absolute atomic E-state index is 9.12. The van der Waals surface area contributed by atoms with Crippen LogP contribution in [0.2, 0.25) is 13.1 Å². The Bertz CT molecular complexity index is 323. The van der Waals surface area contributed by atoms with Gasteiger partial charge in [0.2, 0.25) is 0 Å². The first-order valence-electron chi connectivity index (χ1n) is 4.69. The van der Waals surface area contributed by atoms with Gasteiger partial charge in [-0.25, -0.2) is 0 Å². The van der Waals surface area contributed by atoms with Gasteiger partial charge in [0.05, 0.1) is 21.1 Å². The number of pyridine rings is 1. The topological polar surface area (TPSA) is 33.1 Å². The zero-order chi connectivity index (χ0) is 10.6. The molecule has 1 N–H and O–H groups in total. The molecule has 0 aromatic carbocycles. The monoisotopic (exact) mass is 206 g/mol. The summed E-state index contributed by atoms with van der Waals surface area (Å²) in [4.78, 5) is 4.26. The number of hydrogen-bond acceptors (Lipinski definition) is 2. The fraction of sp³-hybridized carbons (Fsp3) is 0.364. The van der Waals surface area contributed by atoms with Crippen LogP contribution in [0.4, 0.5) is 0 Å². The molecule has 0 fully saturated rings. The summed E-state index contributed by atoms with van der Waals surface area (Å²) >= 11 is 0. The molecule has 0 aliphatic carbocycles. The average molecular weight is 206 g/mol. The minimum atomic E-state index is -0.551. The fourth-order valence-corrected chi connectivity index (χ4v) is 2.57. The third-order valence-corrected chi connectivity index (χ3v) is 3.61. The van der Waals surface area contributed by atoms with Crippen molar-refractivity contribution in [3.63, 3.8) is 0 Å². The number of nitrogens with zero attached hydrogens (tertiary/aromatic N) is 1. The van der Waals surface area contributed by atoms with Gasteiger partial charge in [0, 0.05) is 6.20 Å². The van der Waals surface area contributed by atoms with Crippen molar-refractivity contribution in [2.45, 2.75) is 26.1 Å². The summed E-state index contributed by atoms with van der Waals surface area (Å²) in [6.07, 6.45) is 4.54. The van der Waals surface area contributed by atoms with E-state index in [1.807, 2.05) is 12.3 Å². The second-order valence-corrected chi connectivity index (χ2v) is 6.03. The zero-order valence-electron chi connectivity index (χ0n) is 8.75. The van der Waals surface area contributed by atoms with Crippen molar-refractivity contribution in [1.29, 1.82) is 0 Å². The van der Waals surface area contributed by atoms with E-state index in [0.717, 1.165) is 12.1 Å². The molecule has 0 amide bonds.